The van der Waals surface area contributed by atoms with Crippen molar-refractivity contribution in [2.24, 2.45) is 0 Å². The molecule has 12 heavy (non-hydrogen) atoms. The number of aliphatic hydroxyl groups is 1. The summed E-state index contributed by atoms with van der Waals surface area (Å²) in [7, 11) is 0. The summed E-state index contributed by atoms with van der Waals surface area (Å²) in [5.74, 6) is 0. The predicted octanol–water partition coefficient (Wildman–Crippen LogP) is 0.399. The van der Waals surface area contributed by atoms with Crippen molar-refractivity contribution < 1.29 is 5.11 Å². The lowest BCUT2D eigenvalue weighted by molar-refractivity contribution is 0.143. The second kappa shape index (κ2) is 4.80. The maximum absolute atomic E-state index is 8.67. The molecule has 0 aliphatic carbocycles. The summed E-state index contributed by atoms with van der Waals surface area (Å²) in [6.07, 6.45) is 2.33. The molecule has 3 nitrogen and oxygen atoms in total. The van der Waals surface area contributed by atoms with Crippen LogP contribution >= 0.6 is 0 Å². The van der Waals surface area contributed by atoms with E-state index in [1.165, 1.54) is 12.8 Å². The van der Waals surface area contributed by atoms with Gasteiger partial charge in [0.05, 0.1) is 6.73 Å². The molecule has 2 N–H and O–H groups in total. The lowest BCUT2D eigenvalue weighted by atomic mass is 10.0. The van der Waals surface area contributed by atoms with E-state index in [0.717, 1.165) is 13.1 Å². The van der Waals surface area contributed by atoms with Crippen molar-refractivity contribution in [1.82, 2.24) is 10.2 Å². The summed E-state index contributed by atoms with van der Waals surface area (Å²) < 4.78 is 0. The highest BCUT2D eigenvalue weighted by molar-refractivity contribution is 4.77. The molecule has 3 heteroatoms. The Hall–Kier alpha value is -0.120. The van der Waals surface area contributed by atoms with E-state index in [1.54, 1.807) is 0 Å². The van der Waals surface area contributed by atoms with Crippen molar-refractivity contribution in [2.45, 2.75) is 38.8 Å². The minimum absolute atomic E-state index is 0.117. The highest BCUT2D eigenvalue weighted by atomic mass is 16.3. The molecule has 0 spiro atoms. The zero-order valence-electron chi connectivity index (χ0n) is 8.08. The summed E-state index contributed by atoms with van der Waals surface area (Å²) in [6, 6.07) is 1.20. The van der Waals surface area contributed by atoms with Crippen molar-refractivity contribution in [1.29, 1.82) is 0 Å². The number of hydrogen-bond acceptors (Lipinski definition) is 3. The molecule has 1 heterocycles. The molecule has 0 atom stereocenters. The van der Waals surface area contributed by atoms with Crippen LogP contribution in [0.25, 0.3) is 0 Å². The summed E-state index contributed by atoms with van der Waals surface area (Å²) in [6.45, 7) is 6.91. The maximum Gasteiger partial charge on any atom is 0.0933 e. The zero-order valence-corrected chi connectivity index (χ0v) is 8.08. The fourth-order valence-corrected chi connectivity index (χ4v) is 1.75. The van der Waals surface area contributed by atoms with Crippen LogP contribution in [0.4, 0.5) is 0 Å². The molecule has 0 aromatic carbocycles. The quantitative estimate of drug-likeness (QED) is 0.605. The van der Waals surface area contributed by atoms with Crippen LogP contribution in [-0.2, 0) is 0 Å². The smallest absolute Gasteiger partial charge is 0.0933 e. The molecular weight excluding hydrogens is 152 g/mol. The van der Waals surface area contributed by atoms with E-state index in [2.05, 4.69) is 24.1 Å². The van der Waals surface area contributed by atoms with Gasteiger partial charge in [-0.25, -0.2) is 0 Å². The molecule has 0 bridgehead atoms. The molecule has 0 aromatic heterocycles. The van der Waals surface area contributed by atoms with Crippen LogP contribution < -0.4 is 5.32 Å². The Bertz CT molecular complexity index is 120. The van der Waals surface area contributed by atoms with Gasteiger partial charge in [0.25, 0.3) is 0 Å². The Morgan fingerprint density at radius 2 is 2.00 bits per heavy atom. The summed E-state index contributed by atoms with van der Waals surface area (Å²) in [5, 5.41) is 11.7. The Balaban J connectivity index is 2.20. The first-order valence-electron chi connectivity index (χ1n) is 4.82. The Kier molecular flexibility index (Phi) is 3.98. The van der Waals surface area contributed by atoms with Gasteiger partial charge in [-0.1, -0.05) is 0 Å². The van der Waals surface area contributed by atoms with Crippen LogP contribution in [-0.4, -0.2) is 41.9 Å². The third-order valence-electron chi connectivity index (χ3n) is 2.64. The number of piperidine rings is 1. The van der Waals surface area contributed by atoms with Crippen LogP contribution in [0.1, 0.15) is 26.7 Å². The summed E-state index contributed by atoms with van der Waals surface area (Å²) in [4.78, 5) is 2.48. The van der Waals surface area contributed by atoms with Gasteiger partial charge in [-0.2, -0.15) is 0 Å². The molecule has 0 radical (unpaired) electrons. The minimum atomic E-state index is 0.117. The first-order valence-corrected chi connectivity index (χ1v) is 4.82. The molecule has 72 valence electrons. The van der Waals surface area contributed by atoms with Gasteiger partial charge in [-0.05, 0) is 39.8 Å². The minimum Gasteiger partial charge on any atom is -0.381 e. The largest absolute Gasteiger partial charge is 0.381 e. The van der Waals surface area contributed by atoms with Gasteiger partial charge in [-0.3, -0.25) is 5.32 Å². The van der Waals surface area contributed by atoms with Crippen LogP contribution in [0.5, 0.6) is 0 Å². The number of likely N-dealkylation sites (tertiary alicyclic amines) is 1. The van der Waals surface area contributed by atoms with E-state index in [4.69, 9.17) is 5.11 Å². The van der Waals surface area contributed by atoms with Crippen LogP contribution in [0.3, 0.4) is 0 Å². The lowest BCUT2D eigenvalue weighted by Crippen LogP contribution is -2.45. The first-order chi connectivity index (χ1) is 5.74. The molecule has 1 aliphatic heterocycles. The molecule has 1 saturated heterocycles. The number of nitrogens with zero attached hydrogens (tertiary/aromatic N) is 1. The Morgan fingerprint density at radius 3 is 2.42 bits per heavy atom. The van der Waals surface area contributed by atoms with Crippen LogP contribution in [0.15, 0.2) is 0 Å². The highest BCUT2D eigenvalue weighted by Gasteiger charge is 2.19. The third-order valence-corrected chi connectivity index (χ3v) is 2.64. The van der Waals surface area contributed by atoms with E-state index < -0.39 is 0 Å². The lowest BCUT2D eigenvalue weighted by Gasteiger charge is -2.34. The Labute approximate surface area is 74.8 Å². The van der Waals surface area contributed by atoms with E-state index in [9.17, 15) is 0 Å². The molecule has 1 fully saturated rings. The van der Waals surface area contributed by atoms with Gasteiger partial charge in [0.1, 0.15) is 0 Å². The van der Waals surface area contributed by atoms with Gasteiger partial charge in [0, 0.05) is 12.1 Å². The van der Waals surface area contributed by atoms with Gasteiger partial charge in [0.2, 0.25) is 0 Å². The SMILES string of the molecule is CC(C)N1CCC(NCO)CC1. The second-order valence-electron chi connectivity index (χ2n) is 3.77. The average Bonchev–Trinajstić information content (AvgIpc) is 2.06. The number of rotatable bonds is 3. The number of nitrogens with one attached hydrogen (secondary N) is 1. The molecule has 0 amide bonds. The summed E-state index contributed by atoms with van der Waals surface area (Å²) >= 11 is 0. The molecule has 0 aromatic rings. The maximum atomic E-state index is 8.67. The van der Waals surface area contributed by atoms with E-state index >= 15 is 0 Å². The zero-order chi connectivity index (χ0) is 8.97. The predicted molar refractivity (Wildman–Crippen MR) is 50.0 cm³/mol. The van der Waals surface area contributed by atoms with Crippen molar-refractivity contribution in [3.8, 4) is 0 Å². The van der Waals surface area contributed by atoms with Crippen molar-refractivity contribution in [3.63, 3.8) is 0 Å². The molecular formula is C9H20N2O. The van der Waals surface area contributed by atoms with E-state index in [1.807, 2.05) is 0 Å². The number of aliphatic hydroxyl groups excluding tert-OH is 1. The third kappa shape index (κ3) is 2.73. The van der Waals surface area contributed by atoms with Crippen molar-refractivity contribution >= 4 is 0 Å². The van der Waals surface area contributed by atoms with Gasteiger partial charge in [0.15, 0.2) is 0 Å². The standard InChI is InChI=1S/C9H20N2O/c1-8(2)11-5-3-9(4-6-11)10-7-12/h8-10,12H,3-7H2,1-2H3. The molecule has 0 saturated carbocycles. The van der Waals surface area contributed by atoms with E-state index in [0.29, 0.717) is 12.1 Å². The average molecular weight is 172 g/mol. The van der Waals surface area contributed by atoms with Gasteiger partial charge in [-0.15, -0.1) is 0 Å². The fraction of sp³-hybridized carbons (Fsp3) is 1.00. The van der Waals surface area contributed by atoms with Crippen molar-refractivity contribution in [2.75, 3.05) is 19.8 Å². The normalized spacial score (nSPS) is 22.0. The highest BCUT2D eigenvalue weighted by Crippen LogP contribution is 2.12. The molecule has 1 aliphatic rings. The second-order valence-corrected chi connectivity index (χ2v) is 3.77. The van der Waals surface area contributed by atoms with Gasteiger partial charge >= 0.3 is 0 Å². The molecule has 1 rings (SSSR count). The fourth-order valence-electron chi connectivity index (χ4n) is 1.75. The monoisotopic (exact) mass is 172 g/mol. The molecule has 0 unspecified atom stereocenters. The van der Waals surface area contributed by atoms with Crippen LogP contribution in [0, 0.1) is 0 Å². The van der Waals surface area contributed by atoms with E-state index in [-0.39, 0.29) is 6.73 Å². The van der Waals surface area contributed by atoms with Gasteiger partial charge < -0.3 is 10.0 Å². The van der Waals surface area contributed by atoms with Crippen LogP contribution in [0.2, 0.25) is 0 Å². The topological polar surface area (TPSA) is 35.5 Å². The Morgan fingerprint density at radius 1 is 1.42 bits per heavy atom. The first kappa shape index (κ1) is 9.96. The summed E-state index contributed by atoms with van der Waals surface area (Å²) in [5.41, 5.74) is 0. The van der Waals surface area contributed by atoms with Crippen molar-refractivity contribution in [3.05, 3.63) is 0 Å². The number of hydrogen-bond donors (Lipinski definition) is 2.